The minimum absolute atomic E-state index is 0.123. The van der Waals surface area contributed by atoms with Crippen LogP contribution in [0.3, 0.4) is 0 Å². The first-order valence-corrected chi connectivity index (χ1v) is 7.40. The van der Waals surface area contributed by atoms with Crippen LogP contribution in [0.5, 0.6) is 0 Å². The van der Waals surface area contributed by atoms with Crippen LogP contribution in [0.2, 0.25) is 5.02 Å². The predicted octanol–water partition coefficient (Wildman–Crippen LogP) is 2.85. The van der Waals surface area contributed by atoms with Crippen LogP contribution in [-0.4, -0.2) is 25.5 Å². The molecule has 0 saturated heterocycles. The second-order valence-corrected chi connectivity index (χ2v) is 5.25. The van der Waals surface area contributed by atoms with Gasteiger partial charge in [0.05, 0.1) is 24.9 Å². The van der Waals surface area contributed by atoms with Gasteiger partial charge in [0.2, 0.25) is 5.91 Å². The van der Waals surface area contributed by atoms with Crippen molar-refractivity contribution in [1.82, 2.24) is 5.32 Å². The number of nitrogens with one attached hydrogen (secondary N) is 2. The topological polar surface area (TPSA) is 67.4 Å². The van der Waals surface area contributed by atoms with Crippen LogP contribution in [0.15, 0.2) is 48.5 Å². The summed E-state index contributed by atoms with van der Waals surface area (Å²) in [7, 11) is 1.30. The lowest BCUT2D eigenvalue weighted by Crippen LogP contribution is -2.28. The maximum absolute atomic E-state index is 12.0. The van der Waals surface area contributed by atoms with Crippen molar-refractivity contribution in [2.24, 2.45) is 0 Å². The Morgan fingerprint density at radius 2 is 1.78 bits per heavy atom. The Morgan fingerprint density at radius 3 is 2.48 bits per heavy atom. The zero-order valence-corrected chi connectivity index (χ0v) is 13.4. The van der Waals surface area contributed by atoms with E-state index in [1.807, 2.05) is 12.1 Å². The zero-order valence-electron chi connectivity index (χ0n) is 12.6. The molecule has 5 nitrogen and oxygen atoms in total. The van der Waals surface area contributed by atoms with E-state index in [4.69, 9.17) is 16.3 Å². The summed E-state index contributed by atoms with van der Waals surface area (Å²) in [4.78, 5) is 23.6. The van der Waals surface area contributed by atoms with Gasteiger partial charge in [-0.25, -0.2) is 4.79 Å². The summed E-state index contributed by atoms with van der Waals surface area (Å²) in [5.41, 5.74) is 1.77. The molecule has 0 fully saturated rings. The van der Waals surface area contributed by atoms with Crippen molar-refractivity contribution in [3.63, 3.8) is 0 Å². The highest BCUT2D eigenvalue weighted by Crippen LogP contribution is 2.15. The summed E-state index contributed by atoms with van der Waals surface area (Å²) in [5, 5.41) is 6.40. The van der Waals surface area contributed by atoms with Gasteiger partial charge in [0, 0.05) is 11.6 Å². The lowest BCUT2D eigenvalue weighted by atomic mass is 10.2. The summed E-state index contributed by atoms with van der Waals surface area (Å²) in [5.74, 6) is -0.731. The Hall–Kier alpha value is -2.37. The highest BCUT2D eigenvalue weighted by Gasteiger charge is 2.12. The number of benzene rings is 2. The van der Waals surface area contributed by atoms with E-state index in [9.17, 15) is 9.59 Å². The van der Waals surface area contributed by atoms with Gasteiger partial charge >= 0.3 is 5.97 Å². The van der Waals surface area contributed by atoms with Crippen LogP contribution in [0.1, 0.15) is 15.9 Å². The molecule has 23 heavy (non-hydrogen) atoms. The van der Waals surface area contributed by atoms with Crippen LogP contribution >= 0.6 is 11.6 Å². The maximum Gasteiger partial charge on any atom is 0.339 e. The van der Waals surface area contributed by atoms with Crippen molar-refractivity contribution in [2.45, 2.75) is 6.54 Å². The third-order valence-corrected chi connectivity index (χ3v) is 3.39. The molecule has 0 radical (unpaired) electrons. The predicted molar refractivity (Wildman–Crippen MR) is 89.6 cm³/mol. The second kappa shape index (κ2) is 8.31. The largest absolute Gasteiger partial charge is 0.465 e. The average molecular weight is 333 g/mol. The highest BCUT2D eigenvalue weighted by atomic mass is 35.5. The van der Waals surface area contributed by atoms with Gasteiger partial charge in [-0.15, -0.1) is 0 Å². The standard InChI is InChI=1S/C17H17ClN2O3/c1-23-17(22)14-4-2-3-5-15(14)20-16(21)11-19-10-12-6-8-13(18)9-7-12/h2-9,19H,10-11H2,1H3,(H,20,21). The number of carbonyl (C=O) groups is 2. The van der Waals surface area contributed by atoms with Crippen LogP contribution < -0.4 is 10.6 Å². The van der Waals surface area contributed by atoms with E-state index in [-0.39, 0.29) is 12.5 Å². The van der Waals surface area contributed by atoms with E-state index in [1.165, 1.54) is 7.11 Å². The number of hydrogen-bond donors (Lipinski definition) is 2. The Bertz CT molecular complexity index is 686. The smallest absolute Gasteiger partial charge is 0.339 e. The third kappa shape index (κ3) is 5.09. The van der Waals surface area contributed by atoms with Crippen LogP contribution in [0, 0.1) is 0 Å². The molecule has 0 atom stereocenters. The fourth-order valence-corrected chi connectivity index (χ4v) is 2.12. The Kier molecular flexibility index (Phi) is 6.14. The van der Waals surface area contributed by atoms with Crippen molar-refractivity contribution in [3.8, 4) is 0 Å². The molecule has 0 bridgehead atoms. The van der Waals surface area contributed by atoms with Gasteiger partial charge in [-0.1, -0.05) is 35.9 Å². The van der Waals surface area contributed by atoms with Crippen molar-refractivity contribution < 1.29 is 14.3 Å². The maximum atomic E-state index is 12.0. The summed E-state index contributed by atoms with van der Waals surface area (Å²) >= 11 is 5.82. The molecule has 2 rings (SSSR count). The minimum atomic E-state index is -0.491. The number of anilines is 1. The molecule has 0 unspecified atom stereocenters. The van der Waals surface area contributed by atoms with Crippen molar-refractivity contribution in [3.05, 3.63) is 64.7 Å². The normalized spacial score (nSPS) is 10.2. The molecule has 6 heteroatoms. The summed E-state index contributed by atoms with van der Waals surface area (Å²) in [6, 6.07) is 14.1. The van der Waals surface area contributed by atoms with Gasteiger partial charge < -0.3 is 15.4 Å². The average Bonchev–Trinajstić information content (AvgIpc) is 2.56. The molecule has 2 aromatic rings. The second-order valence-electron chi connectivity index (χ2n) is 4.82. The number of para-hydroxylation sites is 1. The van der Waals surface area contributed by atoms with Crippen molar-refractivity contribution >= 4 is 29.2 Å². The van der Waals surface area contributed by atoms with Gasteiger partial charge in [-0.2, -0.15) is 0 Å². The molecule has 0 aromatic heterocycles. The number of carbonyl (C=O) groups excluding carboxylic acids is 2. The first-order chi connectivity index (χ1) is 11.1. The number of methoxy groups -OCH3 is 1. The Morgan fingerprint density at radius 1 is 1.09 bits per heavy atom. The number of ether oxygens (including phenoxy) is 1. The summed E-state index contributed by atoms with van der Waals surface area (Å²) in [6.07, 6.45) is 0. The zero-order chi connectivity index (χ0) is 16.7. The molecule has 0 aliphatic rings. The van der Waals surface area contributed by atoms with Crippen molar-refractivity contribution in [1.29, 1.82) is 0 Å². The van der Waals surface area contributed by atoms with E-state index >= 15 is 0 Å². The van der Waals surface area contributed by atoms with Crippen molar-refractivity contribution in [2.75, 3.05) is 19.0 Å². The van der Waals surface area contributed by atoms with Gasteiger partial charge in [0.25, 0.3) is 0 Å². The number of esters is 1. The molecule has 0 spiro atoms. The van der Waals surface area contributed by atoms with E-state index in [2.05, 4.69) is 10.6 Å². The number of amides is 1. The molecule has 0 aliphatic heterocycles. The van der Waals surface area contributed by atoms with Gasteiger partial charge in [-0.3, -0.25) is 4.79 Å². The summed E-state index contributed by atoms with van der Waals surface area (Å²) < 4.78 is 4.69. The Balaban J connectivity index is 1.88. The van der Waals surface area contributed by atoms with E-state index in [0.29, 0.717) is 22.8 Å². The number of hydrogen-bond acceptors (Lipinski definition) is 4. The third-order valence-electron chi connectivity index (χ3n) is 3.13. The Labute approximate surface area is 139 Å². The van der Waals surface area contributed by atoms with Gasteiger partial charge in [0.15, 0.2) is 0 Å². The lowest BCUT2D eigenvalue weighted by molar-refractivity contribution is -0.115. The molecule has 1 amide bonds. The molecule has 120 valence electrons. The van der Waals surface area contributed by atoms with Crippen LogP contribution in [-0.2, 0) is 16.1 Å². The van der Waals surface area contributed by atoms with E-state index < -0.39 is 5.97 Å². The summed E-state index contributed by atoms with van der Waals surface area (Å²) in [6.45, 7) is 0.668. The molecular formula is C17H17ClN2O3. The van der Waals surface area contributed by atoms with Crippen LogP contribution in [0.25, 0.3) is 0 Å². The lowest BCUT2D eigenvalue weighted by Gasteiger charge is -2.10. The molecule has 0 heterocycles. The molecule has 0 saturated carbocycles. The molecule has 2 aromatic carbocycles. The molecular weight excluding hydrogens is 316 g/mol. The first-order valence-electron chi connectivity index (χ1n) is 7.02. The van der Waals surface area contributed by atoms with Gasteiger partial charge in [0.1, 0.15) is 0 Å². The molecule has 2 N–H and O–H groups in total. The monoisotopic (exact) mass is 332 g/mol. The number of rotatable bonds is 6. The minimum Gasteiger partial charge on any atom is -0.465 e. The number of halogens is 1. The fraction of sp³-hybridized carbons (Fsp3) is 0.176. The molecule has 0 aliphatic carbocycles. The first kappa shape index (κ1) is 17.0. The quantitative estimate of drug-likeness (QED) is 0.798. The fourth-order valence-electron chi connectivity index (χ4n) is 2.00. The van der Waals surface area contributed by atoms with E-state index in [0.717, 1.165) is 5.56 Å². The highest BCUT2D eigenvalue weighted by molar-refractivity contribution is 6.30. The van der Waals surface area contributed by atoms with Gasteiger partial charge in [-0.05, 0) is 29.8 Å². The van der Waals surface area contributed by atoms with Crippen LogP contribution in [0.4, 0.5) is 5.69 Å². The SMILES string of the molecule is COC(=O)c1ccccc1NC(=O)CNCc1ccc(Cl)cc1. The van der Waals surface area contributed by atoms with E-state index in [1.54, 1.807) is 36.4 Å².